The number of guanidine groups is 1. The van der Waals surface area contributed by atoms with Crippen molar-refractivity contribution in [2.24, 2.45) is 4.99 Å². The zero-order valence-corrected chi connectivity index (χ0v) is 18.1. The monoisotopic (exact) mass is 429 g/mol. The van der Waals surface area contributed by atoms with Crippen LogP contribution in [0.5, 0.6) is 0 Å². The van der Waals surface area contributed by atoms with Gasteiger partial charge in [-0.2, -0.15) is 0 Å². The molecule has 0 aliphatic carbocycles. The maximum Gasteiger partial charge on any atom is 0.328 e. The first-order chi connectivity index (χ1) is 15.4. The van der Waals surface area contributed by atoms with Crippen molar-refractivity contribution in [1.29, 1.82) is 0 Å². The number of anilines is 1. The Kier molecular flexibility index (Phi) is 4.58. The minimum atomic E-state index is -0.721. The molecule has 0 radical (unpaired) electrons. The van der Waals surface area contributed by atoms with Gasteiger partial charge in [-0.15, -0.1) is 0 Å². The Bertz CT molecular complexity index is 1170. The van der Waals surface area contributed by atoms with Gasteiger partial charge >= 0.3 is 6.03 Å². The molecule has 0 spiro atoms. The minimum absolute atomic E-state index is 0.245. The number of fused-ring (bicyclic) bond motifs is 3. The first-order valence-corrected chi connectivity index (χ1v) is 10.4. The van der Waals surface area contributed by atoms with Crippen LogP contribution >= 0.6 is 0 Å². The van der Waals surface area contributed by atoms with Crippen molar-refractivity contribution >= 4 is 35.1 Å². The van der Waals surface area contributed by atoms with E-state index in [0.717, 1.165) is 27.4 Å². The number of hydrogen-bond acceptors (Lipinski definition) is 6. The molecular weight excluding hydrogens is 406 g/mol. The second kappa shape index (κ2) is 7.33. The Labute approximate surface area is 186 Å². The van der Waals surface area contributed by atoms with Crippen molar-refractivity contribution in [2.75, 3.05) is 18.5 Å². The molecular formula is C24H23N5O3. The van der Waals surface area contributed by atoms with Crippen molar-refractivity contribution in [3.63, 3.8) is 0 Å². The third kappa shape index (κ3) is 2.98. The van der Waals surface area contributed by atoms with Crippen LogP contribution in [0.1, 0.15) is 18.1 Å². The first-order valence-electron chi connectivity index (χ1n) is 10.4. The lowest BCUT2D eigenvalue weighted by molar-refractivity contribution is -0.139. The number of likely N-dealkylation sites (N-methyl/N-ethyl adjacent to an activating group) is 1. The second-order valence-corrected chi connectivity index (χ2v) is 8.27. The normalized spacial score (nSPS) is 22.1. The summed E-state index contributed by atoms with van der Waals surface area (Å²) >= 11 is 0. The summed E-state index contributed by atoms with van der Waals surface area (Å²) in [6.07, 6.45) is 1.25. The Hall–Kier alpha value is -3.94. The number of ketones is 1. The fourth-order valence-corrected chi connectivity index (χ4v) is 4.36. The van der Waals surface area contributed by atoms with Gasteiger partial charge in [-0.05, 0) is 26.0 Å². The number of urea groups is 1. The SMILES string of the molecule is CC(=O)CN1C(=O)C2C(N=C3N(c4ccc(C)cc4)C(c4ccccc4)=CN32)N(C)C1=O. The molecule has 3 aliphatic heterocycles. The molecule has 0 N–H and O–H groups in total. The molecule has 2 aromatic rings. The number of hydrogen-bond donors (Lipinski definition) is 0. The molecule has 1 fully saturated rings. The van der Waals surface area contributed by atoms with Gasteiger partial charge in [0.1, 0.15) is 5.78 Å². The molecule has 8 nitrogen and oxygen atoms in total. The zero-order valence-electron chi connectivity index (χ0n) is 18.1. The Morgan fingerprint density at radius 1 is 1.03 bits per heavy atom. The van der Waals surface area contributed by atoms with Crippen LogP contribution in [0.2, 0.25) is 0 Å². The molecule has 1 saturated heterocycles. The zero-order chi connectivity index (χ0) is 22.6. The molecule has 2 atom stereocenters. The quantitative estimate of drug-likeness (QED) is 0.747. The third-order valence-electron chi connectivity index (χ3n) is 5.95. The van der Waals surface area contributed by atoms with Crippen LogP contribution in [0.15, 0.2) is 65.8 Å². The van der Waals surface area contributed by atoms with Gasteiger partial charge in [0.05, 0.1) is 12.2 Å². The topological polar surface area (TPSA) is 76.5 Å². The fourth-order valence-electron chi connectivity index (χ4n) is 4.36. The molecule has 3 amide bonds. The van der Waals surface area contributed by atoms with Crippen LogP contribution in [-0.4, -0.2) is 64.2 Å². The number of nitrogens with zero attached hydrogens (tertiary/aromatic N) is 5. The van der Waals surface area contributed by atoms with E-state index < -0.39 is 24.1 Å². The van der Waals surface area contributed by atoms with Crippen LogP contribution in [-0.2, 0) is 9.59 Å². The van der Waals surface area contributed by atoms with Gasteiger partial charge in [0.2, 0.25) is 5.96 Å². The van der Waals surface area contributed by atoms with E-state index in [1.165, 1.54) is 11.8 Å². The summed E-state index contributed by atoms with van der Waals surface area (Å²) in [7, 11) is 1.61. The van der Waals surface area contributed by atoms with Gasteiger partial charge in [-0.1, -0.05) is 48.0 Å². The smallest absolute Gasteiger partial charge is 0.302 e. The van der Waals surface area contributed by atoms with Crippen molar-refractivity contribution in [3.05, 3.63) is 71.9 Å². The molecule has 2 unspecified atom stereocenters. The largest absolute Gasteiger partial charge is 0.328 e. The number of Topliss-reactive ketones (excluding diaryl/α,β-unsaturated/α-hetero) is 1. The van der Waals surface area contributed by atoms with Crippen molar-refractivity contribution < 1.29 is 14.4 Å². The lowest BCUT2D eigenvalue weighted by Crippen LogP contribution is -2.64. The van der Waals surface area contributed by atoms with E-state index in [2.05, 4.69) is 0 Å². The summed E-state index contributed by atoms with van der Waals surface area (Å²) in [5, 5.41) is 0. The summed E-state index contributed by atoms with van der Waals surface area (Å²) in [5.41, 5.74) is 3.91. The summed E-state index contributed by atoms with van der Waals surface area (Å²) in [5.74, 6) is -0.0808. The number of amides is 3. The molecule has 32 heavy (non-hydrogen) atoms. The number of carbonyl (C=O) groups is 3. The fraction of sp³-hybridized carbons (Fsp3) is 0.250. The van der Waals surface area contributed by atoms with E-state index in [-0.39, 0.29) is 12.3 Å². The second-order valence-electron chi connectivity index (χ2n) is 8.27. The van der Waals surface area contributed by atoms with Crippen LogP contribution in [0.4, 0.5) is 10.5 Å². The van der Waals surface area contributed by atoms with E-state index in [1.54, 1.807) is 7.05 Å². The number of rotatable bonds is 4. The van der Waals surface area contributed by atoms with Crippen LogP contribution < -0.4 is 4.90 Å². The highest BCUT2D eigenvalue weighted by Crippen LogP contribution is 2.39. The van der Waals surface area contributed by atoms with E-state index >= 15 is 0 Å². The van der Waals surface area contributed by atoms with Crippen molar-refractivity contribution in [1.82, 2.24) is 14.7 Å². The van der Waals surface area contributed by atoms with Crippen molar-refractivity contribution in [2.45, 2.75) is 26.1 Å². The molecule has 162 valence electrons. The Balaban J connectivity index is 1.61. The molecule has 5 rings (SSSR count). The highest BCUT2D eigenvalue weighted by Gasteiger charge is 2.55. The molecule has 0 saturated carbocycles. The third-order valence-corrected chi connectivity index (χ3v) is 5.95. The van der Waals surface area contributed by atoms with Gasteiger partial charge in [0, 0.05) is 24.5 Å². The van der Waals surface area contributed by atoms with Crippen LogP contribution in [0.3, 0.4) is 0 Å². The van der Waals surface area contributed by atoms with Crippen molar-refractivity contribution in [3.8, 4) is 0 Å². The van der Waals surface area contributed by atoms with E-state index in [4.69, 9.17) is 4.99 Å². The number of benzene rings is 2. The summed E-state index contributed by atoms with van der Waals surface area (Å²) in [4.78, 5) is 48.9. The standard InChI is InChI=1S/C24H23N5O3/c1-15-9-11-18(12-10-15)29-19(17-7-5-4-6-8-17)14-27-20-21(25-23(27)29)26(3)24(32)28(22(20)31)13-16(2)30/h4-12,14,20-21H,13H2,1-3H3. The number of imide groups is 1. The van der Waals surface area contributed by atoms with Gasteiger partial charge in [0.25, 0.3) is 5.91 Å². The molecule has 8 heteroatoms. The average Bonchev–Trinajstić information content (AvgIpc) is 3.33. The Morgan fingerprint density at radius 3 is 2.38 bits per heavy atom. The molecule has 3 aliphatic rings. The summed E-state index contributed by atoms with van der Waals surface area (Å²) in [6.45, 7) is 3.15. The van der Waals surface area contributed by atoms with E-state index in [1.807, 2.05) is 77.5 Å². The number of aliphatic imine (C=N–C) groups is 1. The highest BCUT2D eigenvalue weighted by atomic mass is 16.2. The predicted molar refractivity (Wildman–Crippen MR) is 120 cm³/mol. The lowest BCUT2D eigenvalue weighted by Gasteiger charge is -2.39. The minimum Gasteiger partial charge on any atom is -0.302 e. The molecule has 0 bridgehead atoms. The van der Waals surface area contributed by atoms with E-state index in [0.29, 0.717) is 5.96 Å². The summed E-state index contributed by atoms with van der Waals surface area (Å²) < 4.78 is 0. The van der Waals surface area contributed by atoms with Gasteiger partial charge in [-0.25, -0.2) is 9.79 Å². The van der Waals surface area contributed by atoms with Gasteiger partial charge < -0.3 is 4.90 Å². The summed E-state index contributed by atoms with van der Waals surface area (Å²) in [6, 6.07) is 16.7. The molecule has 0 aromatic heterocycles. The molecule has 3 heterocycles. The number of carbonyl (C=O) groups excluding carboxylic acids is 3. The lowest BCUT2D eigenvalue weighted by atomic mass is 10.1. The highest BCUT2D eigenvalue weighted by molar-refractivity contribution is 6.16. The Morgan fingerprint density at radius 2 is 1.72 bits per heavy atom. The predicted octanol–water partition coefficient (Wildman–Crippen LogP) is 2.66. The maximum absolute atomic E-state index is 13.3. The maximum atomic E-state index is 13.3. The van der Waals surface area contributed by atoms with Crippen LogP contribution in [0.25, 0.3) is 5.70 Å². The van der Waals surface area contributed by atoms with Crippen LogP contribution in [0, 0.1) is 6.92 Å². The van der Waals surface area contributed by atoms with E-state index in [9.17, 15) is 14.4 Å². The van der Waals surface area contributed by atoms with Gasteiger partial charge in [0.15, 0.2) is 12.2 Å². The number of aryl methyl sites for hydroxylation is 1. The van der Waals surface area contributed by atoms with Gasteiger partial charge in [-0.3, -0.25) is 24.3 Å². The molecule has 2 aromatic carbocycles. The first kappa shape index (κ1) is 20.0. The average molecular weight is 429 g/mol.